The van der Waals surface area contributed by atoms with Crippen molar-refractivity contribution in [2.75, 3.05) is 33.4 Å². The normalized spacial score (nSPS) is 28.6. The van der Waals surface area contributed by atoms with Gasteiger partial charge >= 0.3 is 0 Å². The molecule has 12 heteroatoms. The maximum Gasteiger partial charge on any atom is 0.247 e. The van der Waals surface area contributed by atoms with Crippen molar-refractivity contribution in [3.8, 4) is 5.75 Å². The van der Waals surface area contributed by atoms with Gasteiger partial charge in [0.2, 0.25) is 5.91 Å². The number of fused-ring (bicyclic) bond motifs is 1. The number of ether oxygens (including phenoxy) is 4. The van der Waals surface area contributed by atoms with E-state index in [9.17, 15) is 32.6 Å². The minimum atomic E-state index is -1.50. The summed E-state index contributed by atoms with van der Waals surface area (Å²) in [5, 5.41) is 23.6. The average molecular weight is 507 g/mol. The molecule has 2 aliphatic rings. The van der Waals surface area contributed by atoms with Gasteiger partial charge in [-0.2, -0.15) is 0 Å². The number of nitrogens with one attached hydrogen (secondary N) is 1. The number of benzene rings is 1. The Balaban J connectivity index is 1.75. The molecule has 1 saturated heterocycles. The second kappa shape index (κ2) is 12.6. The van der Waals surface area contributed by atoms with Crippen LogP contribution in [0.1, 0.15) is 25.3 Å². The molecule has 0 spiro atoms. The molecule has 1 aliphatic carbocycles. The van der Waals surface area contributed by atoms with Crippen LogP contribution in [0.2, 0.25) is 0 Å². The van der Waals surface area contributed by atoms with E-state index in [1.165, 1.54) is 6.92 Å². The second-order valence-electron chi connectivity index (χ2n) is 8.26. The highest BCUT2D eigenvalue weighted by molar-refractivity contribution is 5.97. The molecule has 2 fully saturated rings. The largest absolute Gasteiger partial charge is 0.490 e. The summed E-state index contributed by atoms with van der Waals surface area (Å²) >= 11 is 0. The van der Waals surface area contributed by atoms with Crippen LogP contribution in [0.4, 0.5) is 17.6 Å². The van der Waals surface area contributed by atoms with E-state index in [4.69, 9.17) is 18.9 Å². The minimum Gasteiger partial charge on any atom is -0.490 e. The van der Waals surface area contributed by atoms with Crippen molar-refractivity contribution in [1.82, 2.24) is 5.32 Å². The number of rotatable bonds is 11. The first-order chi connectivity index (χ1) is 16.8. The molecule has 1 heterocycles. The van der Waals surface area contributed by atoms with Gasteiger partial charge in [-0.25, -0.2) is 8.78 Å². The highest BCUT2D eigenvalue weighted by atomic mass is 19.1. The first-order valence-electron chi connectivity index (χ1n) is 11.2. The summed E-state index contributed by atoms with van der Waals surface area (Å²) < 4.78 is 74.9. The fraction of sp³-hybridized carbons (Fsp3) is 0.609. The van der Waals surface area contributed by atoms with E-state index in [1.54, 1.807) is 0 Å². The lowest BCUT2D eigenvalue weighted by atomic mass is 9.82. The van der Waals surface area contributed by atoms with Gasteiger partial charge in [-0.15, -0.1) is 0 Å². The van der Waals surface area contributed by atoms with Crippen molar-refractivity contribution < 1.29 is 51.5 Å². The van der Waals surface area contributed by atoms with Gasteiger partial charge in [0.15, 0.2) is 11.6 Å². The van der Waals surface area contributed by atoms with E-state index in [0.717, 1.165) is 18.2 Å². The van der Waals surface area contributed by atoms with Crippen LogP contribution in [-0.4, -0.2) is 86.0 Å². The Morgan fingerprint density at radius 3 is 2.49 bits per heavy atom. The molecule has 1 aromatic rings. The lowest BCUT2D eigenvalue weighted by Gasteiger charge is -2.43. The maximum absolute atomic E-state index is 14.5. The molecular formula is C23H29F4NO7. The first-order valence-corrected chi connectivity index (χ1v) is 11.2. The molecule has 0 radical (unpaired) electrons. The third kappa shape index (κ3) is 6.50. The molecule has 35 heavy (non-hydrogen) atoms. The Labute approximate surface area is 199 Å². The zero-order valence-corrected chi connectivity index (χ0v) is 19.1. The molecule has 0 bridgehead atoms. The third-order valence-corrected chi connectivity index (χ3v) is 5.78. The number of hydrogen-bond acceptors (Lipinski definition) is 7. The molecule has 3 N–H and O–H groups in total. The van der Waals surface area contributed by atoms with E-state index in [2.05, 4.69) is 5.32 Å². The highest BCUT2D eigenvalue weighted by Crippen LogP contribution is 2.32. The fourth-order valence-corrected chi connectivity index (χ4v) is 3.97. The summed E-state index contributed by atoms with van der Waals surface area (Å²) in [6.45, 7) is -0.245. The summed E-state index contributed by atoms with van der Waals surface area (Å²) in [7, 11) is 0. The summed E-state index contributed by atoms with van der Waals surface area (Å²) in [4.78, 5) is 12.8. The Kier molecular flexibility index (Phi) is 9.87. The van der Waals surface area contributed by atoms with Crippen LogP contribution < -0.4 is 10.1 Å². The van der Waals surface area contributed by atoms with E-state index in [-0.39, 0.29) is 49.7 Å². The van der Waals surface area contributed by atoms with Crippen molar-refractivity contribution in [3.63, 3.8) is 0 Å². The van der Waals surface area contributed by atoms with E-state index < -0.39 is 67.5 Å². The molecule has 1 aliphatic heterocycles. The summed E-state index contributed by atoms with van der Waals surface area (Å²) in [6, 6.07) is 0.488. The smallest absolute Gasteiger partial charge is 0.247 e. The molecule has 0 aromatic heterocycles. The van der Waals surface area contributed by atoms with Crippen molar-refractivity contribution in [2.45, 2.75) is 56.3 Å². The number of carbonyl (C=O) groups excluding carboxylic acids is 1. The van der Waals surface area contributed by atoms with Gasteiger partial charge in [-0.1, -0.05) is 0 Å². The monoisotopic (exact) mass is 507 g/mol. The van der Waals surface area contributed by atoms with Crippen LogP contribution in [0.5, 0.6) is 5.75 Å². The van der Waals surface area contributed by atoms with Gasteiger partial charge in [0, 0.05) is 30.2 Å². The summed E-state index contributed by atoms with van der Waals surface area (Å²) in [5.74, 6) is -2.88. The van der Waals surface area contributed by atoms with Gasteiger partial charge in [-0.05, 0) is 25.5 Å². The zero-order chi connectivity index (χ0) is 25.5. The van der Waals surface area contributed by atoms with Gasteiger partial charge < -0.3 is 34.5 Å². The van der Waals surface area contributed by atoms with Gasteiger partial charge in [-0.3, -0.25) is 13.6 Å². The Morgan fingerprint density at radius 1 is 1.09 bits per heavy atom. The van der Waals surface area contributed by atoms with E-state index >= 15 is 0 Å². The molecule has 1 amide bonds. The number of aliphatic hydroxyl groups excluding tert-OH is 2. The first kappa shape index (κ1) is 27.3. The van der Waals surface area contributed by atoms with Gasteiger partial charge in [0.05, 0.1) is 26.0 Å². The zero-order valence-electron chi connectivity index (χ0n) is 19.1. The van der Waals surface area contributed by atoms with Crippen LogP contribution in [0, 0.1) is 11.6 Å². The fourth-order valence-electron chi connectivity index (χ4n) is 3.97. The lowest BCUT2D eigenvalue weighted by Crippen LogP contribution is -2.68. The number of hydrogen-bond donors (Lipinski definition) is 3. The standard InChI is InChI=1S/C23H29F4NO7/c1-12(8-13-9-15(27)16(10-14(13)26)32-6-2-4-24)23(31)28-17-18(29)19(30)21-22(35-11-34-21)20(17)33-7-3-5-25/h8-10,17-22,29-30H,2-7,11H2,1H3,(H,28,31)/b12-8+/t17-,18+,19-,20-,21-,22+/m1/s1. The average Bonchev–Trinajstić information content (AvgIpc) is 3.32. The minimum absolute atomic E-state index is 0.0258. The van der Waals surface area contributed by atoms with Gasteiger partial charge in [0.25, 0.3) is 0 Å². The molecular weight excluding hydrogens is 478 g/mol. The molecule has 8 nitrogen and oxygen atoms in total. The molecule has 1 saturated carbocycles. The second-order valence-corrected chi connectivity index (χ2v) is 8.26. The number of alkyl halides is 2. The topological polar surface area (TPSA) is 106 Å². The van der Waals surface area contributed by atoms with Crippen molar-refractivity contribution in [3.05, 3.63) is 34.9 Å². The van der Waals surface area contributed by atoms with Crippen LogP contribution in [0.3, 0.4) is 0 Å². The van der Waals surface area contributed by atoms with Crippen molar-refractivity contribution in [2.24, 2.45) is 0 Å². The van der Waals surface area contributed by atoms with Crippen molar-refractivity contribution in [1.29, 1.82) is 0 Å². The summed E-state index contributed by atoms with van der Waals surface area (Å²) in [5.41, 5.74) is -0.273. The number of carbonyl (C=O) groups is 1. The molecule has 0 unspecified atom stereocenters. The number of halogens is 4. The highest BCUT2D eigenvalue weighted by Gasteiger charge is 2.54. The van der Waals surface area contributed by atoms with Crippen molar-refractivity contribution >= 4 is 12.0 Å². The predicted molar refractivity (Wildman–Crippen MR) is 115 cm³/mol. The van der Waals surface area contributed by atoms with Gasteiger partial charge in [0.1, 0.15) is 43.1 Å². The van der Waals surface area contributed by atoms with Crippen LogP contribution in [0.25, 0.3) is 6.08 Å². The molecule has 196 valence electrons. The molecule has 3 rings (SSSR count). The van der Waals surface area contributed by atoms with E-state index in [0.29, 0.717) is 0 Å². The van der Waals surface area contributed by atoms with Crippen LogP contribution in [-0.2, 0) is 19.0 Å². The Morgan fingerprint density at radius 2 is 1.77 bits per heavy atom. The lowest BCUT2D eigenvalue weighted by molar-refractivity contribution is -0.169. The summed E-state index contributed by atoms with van der Waals surface area (Å²) in [6.07, 6.45) is -4.37. The predicted octanol–water partition coefficient (Wildman–Crippen LogP) is 1.81. The molecule has 6 atom stereocenters. The number of aliphatic hydroxyl groups is 2. The van der Waals surface area contributed by atoms with E-state index in [1.807, 2.05) is 0 Å². The molecule has 1 aromatic carbocycles. The van der Waals surface area contributed by atoms with Crippen LogP contribution >= 0.6 is 0 Å². The number of amides is 1. The Bertz CT molecular complexity index is 903. The third-order valence-electron chi connectivity index (χ3n) is 5.78. The quantitative estimate of drug-likeness (QED) is 0.238. The Hall–Kier alpha value is -2.25. The van der Waals surface area contributed by atoms with Crippen LogP contribution in [0.15, 0.2) is 17.7 Å². The SMILES string of the molecule is C/C(=C\c1cc(F)c(OCCCF)cc1F)C(=O)N[C@@H]1[C@H](O)[C@@H](O)[C@H]2OCO[C@H]2[C@@H]1OCCCF. The maximum atomic E-state index is 14.5.